The van der Waals surface area contributed by atoms with Gasteiger partial charge in [-0.3, -0.25) is 4.79 Å². The van der Waals surface area contributed by atoms with Crippen LogP contribution in [-0.4, -0.2) is 31.3 Å². The summed E-state index contributed by atoms with van der Waals surface area (Å²) >= 11 is 0. The molecule has 2 rings (SSSR count). The molecule has 1 amide bonds. The number of nitrogens with one attached hydrogen (secondary N) is 1. The molecule has 9 heteroatoms. The van der Waals surface area contributed by atoms with E-state index in [-0.39, 0.29) is 18.9 Å². The number of rotatable bonds is 5. The van der Waals surface area contributed by atoms with Gasteiger partial charge < -0.3 is 10.1 Å². The summed E-state index contributed by atoms with van der Waals surface area (Å²) < 4.78 is 1.27. The number of nitro groups is 1. The fraction of sp³-hybridized carbons (Fsp3) is 0.667. The summed E-state index contributed by atoms with van der Waals surface area (Å²) in [7, 11) is 0. The SMILES string of the molecule is C[C@@H]1CCC/C(=N/NC(=O)CCn2cnc([N+](=O)[O-])n2)C1. The molecule has 0 aliphatic heterocycles. The minimum Gasteiger partial charge on any atom is -0.390 e. The molecule has 0 radical (unpaired) electrons. The van der Waals surface area contributed by atoms with Crippen molar-refractivity contribution in [3.63, 3.8) is 0 Å². The maximum Gasteiger partial charge on any atom is 0.490 e. The van der Waals surface area contributed by atoms with Gasteiger partial charge in [0.2, 0.25) is 12.2 Å². The smallest absolute Gasteiger partial charge is 0.390 e. The van der Waals surface area contributed by atoms with Gasteiger partial charge in [0.05, 0.1) is 6.54 Å². The summed E-state index contributed by atoms with van der Waals surface area (Å²) in [5.74, 6) is -0.0872. The lowest BCUT2D eigenvalue weighted by Crippen LogP contribution is -2.23. The first kappa shape index (κ1) is 15.1. The van der Waals surface area contributed by atoms with Crippen LogP contribution in [0.15, 0.2) is 11.4 Å². The van der Waals surface area contributed by atoms with Crippen molar-refractivity contribution in [3.05, 3.63) is 16.4 Å². The van der Waals surface area contributed by atoms with Gasteiger partial charge in [0.25, 0.3) is 0 Å². The normalized spacial score (nSPS) is 20.4. The van der Waals surface area contributed by atoms with Gasteiger partial charge in [-0.1, -0.05) is 11.9 Å². The Morgan fingerprint density at radius 1 is 1.67 bits per heavy atom. The molecule has 114 valence electrons. The van der Waals surface area contributed by atoms with E-state index in [0.717, 1.165) is 25.0 Å². The number of amides is 1. The lowest BCUT2D eigenvalue weighted by atomic mass is 9.89. The predicted octanol–water partition coefficient (Wildman–Crippen LogP) is 1.26. The lowest BCUT2D eigenvalue weighted by molar-refractivity contribution is -0.394. The Kier molecular flexibility index (Phi) is 4.96. The number of aryl methyl sites for hydroxylation is 1. The summed E-state index contributed by atoms with van der Waals surface area (Å²) in [5, 5.41) is 18.2. The van der Waals surface area contributed by atoms with Crippen LogP contribution in [0.3, 0.4) is 0 Å². The summed E-state index contributed by atoms with van der Waals surface area (Å²) in [6.07, 6.45) is 5.55. The highest BCUT2D eigenvalue weighted by Crippen LogP contribution is 2.20. The van der Waals surface area contributed by atoms with Crippen molar-refractivity contribution in [2.45, 2.75) is 45.6 Å². The zero-order valence-electron chi connectivity index (χ0n) is 11.9. The molecule has 1 aromatic rings. The molecule has 0 bridgehead atoms. The first-order valence-electron chi connectivity index (χ1n) is 6.92. The topological polar surface area (TPSA) is 115 Å². The van der Waals surface area contributed by atoms with E-state index in [1.165, 1.54) is 17.4 Å². The fourth-order valence-corrected chi connectivity index (χ4v) is 2.25. The highest BCUT2D eigenvalue weighted by atomic mass is 16.6. The molecule has 1 N–H and O–H groups in total. The van der Waals surface area contributed by atoms with Crippen molar-refractivity contribution in [2.24, 2.45) is 11.0 Å². The van der Waals surface area contributed by atoms with Gasteiger partial charge in [-0.2, -0.15) is 9.78 Å². The number of hydrogen-bond donors (Lipinski definition) is 1. The van der Waals surface area contributed by atoms with Crippen LogP contribution >= 0.6 is 0 Å². The highest BCUT2D eigenvalue weighted by molar-refractivity contribution is 5.87. The molecule has 9 nitrogen and oxygen atoms in total. The van der Waals surface area contributed by atoms with Gasteiger partial charge in [0.15, 0.2) is 0 Å². The summed E-state index contributed by atoms with van der Waals surface area (Å²) in [6, 6.07) is 0. The standard InChI is InChI=1S/C12H18N6O3/c1-9-3-2-4-10(7-9)14-15-11(19)5-6-17-8-13-12(16-17)18(20)21/h8-9H,2-7H2,1H3,(H,15,19)/b14-10-/t9-/m1/s1. The Labute approximate surface area is 121 Å². The van der Waals surface area contributed by atoms with Crippen LogP contribution in [0, 0.1) is 16.0 Å². The third-order valence-electron chi connectivity index (χ3n) is 3.34. The van der Waals surface area contributed by atoms with Crippen LogP contribution in [-0.2, 0) is 11.3 Å². The van der Waals surface area contributed by atoms with Gasteiger partial charge >= 0.3 is 5.95 Å². The first-order valence-corrected chi connectivity index (χ1v) is 6.92. The molecule has 1 aromatic heterocycles. The van der Waals surface area contributed by atoms with Crippen LogP contribution in [0.2, 0.25) is 0 Å². The molecule has 21 heavy (non-hydrogen) atoms. The number of hydrogen-bond acceptors (Lipinski definition) is 6. The Hall–Kier alpha value is -2.32. The van der Waals surface area contributed by atoms with E-state index in [1.54, 1.807) is 0 Å². The van der Waals surface area contributed by atoms with Crippen molar-refractivity contribution in [3.8, 4) is 0 Å². The second-order valence-corrected chi connectivity index (χ2v) is 5.23. The van der Waals surface area contributed by atoms with E-state index in [2.05, 4.69) is 27.5 Å². The van der Waals surface area contributed by atoms with Crippen LogP contribution < -0.4 is 5.43 Å². The Balaban J connectivity index is 1.76. The second-order valence-electron chi connectivity index (χ2n) is 5.23. The van der Waals surface area contributed by atoms with E-state index in [1.807, 2.05) is 0 Å². The fourth-order valence-electron chi connectivity index (χ4n) is 2.25. The molecule has 1 heterocycles. The van der Waals surface area contributed by atoms with Crippen LogP contribution in [0.5, 0.6) is 0 Å². The van der Waals surface area contributed by atoms with E-state index in [0.29, 0.717) is 5.92 Å². The zero-order chi connectivity index (χ0) is 15.2. The van der Waals surface area contributed by atoms with Crippen LogP contribution in [0.4, 0.5) is 5.95 Å². The molecule has 0 spiro atoms. The molecule has 0 saturated heterocycles. The number of aromatic nitrogens is 3. The Morgan fingerprint density at radius 2 is 2.48 bits per heavy atom. The van der Waals surface area contributed by atoms with Crippen molar-refractivity contribution in [2.75, 3.05) is 0 Å². The van der Waals surface area contributed by atoms with E-state index >= 15 is 0 Å². The molecular weight excluding hydrogens is 276 g/mol. The minimum atomic E-state index is -0.674. The molecule has 0 aromatic carbocycles. The molecular formula is C12H18N6O3. The molecule has 1 fully saturated rings. The van der Waals surface area contributed by atoms with E-state index in [9.17, 15) is 14.9 Å². The van der Waals surface area contributed by atoms with Gasteiger partial charge in [-0.15, -0.1) is 0 Å². The maximum absolute atomic E-state index is 11.7. The van der Waals surface area contributed by atoms with Gasteiger partial charge in [-0.25, -0.2) is 5.43 Å². The maximum atomic E-state index is 11.7. The molecule has 1 saturated carbocycles. The summed E-state index contributed by atoms with van der Waals surface area (Å²) in [4.78, 5) is 24.9. The number of hydrazone groups is 1. The minimum absolute atomic E-state index is 0.146. The van der Waals surface area contributed by atoms with Crippen LogP contribution in [0.25, 0.3) is 0 Å². The quantitative estimate of drug-likeness (QED) is 0.648. The first-order chi connectivity index (χ1) is 10.0. The van der Waals surface area contributed by atoms with Crippen molar-refractivity contribution < 1.29 is 9.72 Å². The highest BCUT2D eigenvalue weighted by Gasteiger charge is 2.15. The Bertz CT molecular complexity index is 553. The lowest BCUT2D eigenvalue weighted by Gasteiger charge is -2.18. The molecule has 1 atom stereocenters. The third kappa shape index (κ3) is 4.62. The summed E-state index contributed by atoms with van der Waals surface area (Å²) in [6.45, 7) is 2.40. The average molecular weight is 294 g/mol. The number of nitrogens with zero attached hydrogens (tertiary/aromatic N) is 5. The van der Waals surface area contributed by atoms with Crippen molar-refractivity contribution in [1.82, 2.24) is 20.2 Å². The largest absolute Gasteiger partial charge is 0.490 e. The number of carbonyl (C=O) groups is 1. The van der Waals surface area contributed by atoms with Gasteiger partial charge in [0.1, 0.15) is 0 Å². The second kappa shape index (κ2) is 6.91. The number of carbonyl (C=O) groups excluding carboxylic acids is 1. The van der Waals surface area contributed by atoms with Gasteiger partial charge in [0, 0.05) is 17.2 Å². The predicted molar refractivity (Wildman–Crippen MR) is 74.5 cm³/mol. The molecule has 0 unspecified atom stereocenters. The summed E-state index contributed by atoms with van der Waals surface area (Å²) in [5.41, 5.74) is 3.55. The Morgan fingerprint density at radius 3 is 3.14 bits per heavy atom. The molecule has 1 aliphatic rings. The zero-order valence-corrected chi connectivity index (χ0v) is 11.9. The van der Waals surface area contributed by atoms with E-state index < -0.39 is 10.9 Å². The average Bonchev–Trinajstić information content (AvgIpc) is 2.92. The third-order valence-corrected chi connectivity index (χ3v) is 3.34. The van der Waals surface area contributed by atoms with E-state index in [4.69, 9.17) is 0 Å². The monoisotopic (exact) mass is 294 g/mol. The van der Waals surface area contributed by atoms with Gasteiger partial charge in [-0.05, 0) is 36.5 Å². The van der Waals surface area contributed by atoms with Crippen LogP contribution in [0.1, 0.15) is 39.0 Å². The van der Waals surface area contributed by atoms with Crippen molar-refractivity contribution >= 4 is 17.6 Å². The molecule has 1 aliphatic carbocycles. The van der Waals surface area contributed by atoms with Crippen molar-refractivity contribution in [1.29, 1.82) is 0 Å².